The zero-order valence-corrected chi connectivity index (χ0v) is 18.1. The Bertz CT molecular complexity index is 1390. The van der Waals surface area contributed by atoms with E-state index in [0.29, 0.717) is 36.1 Å². The van der Waals surface area contributed by atoms with Crippen molar-refractivity contribution in [3.05, 3.63) is 96.7 Å². The van der Waals surface area contributed by atoms with Gasteiger partial charge in [-0.1, -0.05) is 6.07 Å². The van der Waals surface area contributed by atoms with Gasteiger partial charge in [0.2, 0.25) is 0 Å². The molecule has 5 rings (SSSR count). The number of H-pyrrole nitrogens is 1. The van der Waals surface area contributed by atoms with E-state index in [1.165, 1.54) is 6.20 Å². The number of ether oxygens (including phenoxy) is 1. The number of hydrogen-bond acceptors (Lipinski definition) is 7. The highest BCUT2D eigenvalue weighted by molar-refractivity contribution is 6.04. The maximum absolute atomic E-state index is 12.3. The molecular weight excluding hydrogens is 430 g/mol. The van der Waals surface area contributed by atoms with Crippen molar-refractivity contribution in [2.24, 2.45) is 0 Å². The molecule has 5 aromatic rings. The van der Waals surface area contributed by atoms with Crippen LogP contribution in [0.2, 0.25) is 0 Å². The fourth-order valence-corrected chi connectivity index (χ4v) is 3.32. The fourth-order valence-electron chi connectivity index (χ4n) is 3.32. The van der Waals surface area contributed by atoms with Gasteiger partial charge in [-0.05, 0) is 48.5 Å². The van der Waals surface area contributed by atoms with Crippen molar-refractivity contribution in [1.29, 1.82) is 0 Å². The SMILES string of the molecule is O=C(Nc1cc2nc(-c3ccc(NCOCc4ccccn4)cc3)[nH]c2cn1)c1cccnc1. The molecule has 0 fully saturated rings. The Kier molecular flexibility index (Phi) is 6.17. The van der Waals surface area contributed by atoms with E-state index in [4.69, 9.17) is 4.74 Å². The van der Waals surface area contributed by atoms with Crippen LogP contribution in [0.5, 0.6) is 0 Å². The van der Waals surface area contributed by atoms with Crippen molar-refractivity contribution in [3.63, 3.8) is 0 Å². The van der Waals surface area contributed by atoms with Gasteiger partial charge >= 0.3 is 0 Å². The van der Waals surface area contributed by atoms with Gasteiger partial charge in [0.15, 0.2) is 0 Å². The van der Waals surface area contributed by atoms with Crippen LogP contribution in [0.1, 0.15) is 16.1 Å². The Balaban J connectivity index is 1.21. The standard InChI is InChI=1S/C25H21N7O2/c33-25(18-4-3-10-26-13-18)32-23-12-21-22(14-28-23)31-24(30-21)17-6-8-19(9-7-17)29-16-34-15-20-5-1-2-11-27-20/h1-14,29H,15-16H2,(H,30,31)(H,28,32,33). The second kappa shape index (κ2) is 9.88. The van der Waals surface area contributed by atoms with E-state index >= 15 is 0 Å². The number of carbonyl (C=O) groups excluding carboxylic acids is 1. The number of nitrogens with zero attached hydrogens (tertiary/aromatic N) is 4. The molecule has 1 aromatic carbocycles. The van der Waals surface area contributed by atoms with Crippen molar-refractivity contribution in [2.75, 3.05) is 17.4 Å². The molecule has 9 heteroatoms. The fraction of sp³-hybridized carbons (Fsp3) is 0.0800. The van der Waals surface area contributed by atoms with Crippen LogP contribution in [0, 0.1) is 0 Å². The molecule has 34 heavy (non-hydrogen) atoms. The van der Waals surface area contributed by atoms with Gasteiger partial charge in [0.25, 0.3) is 5.91 Å². The van der Waals surface area contributed by atoms with Crippen molar-refractivity contribution in [1.82, 2.24) is 24.9 Å². The number of aromatic amines is 1. The van der Waals surface area contributed by atoms with Crippen LogP contribution in [-0.2, 0) is 11.3 Å². The van der Waals surface area contributed by atoms with Crippen molar-refractivity contribution < 1.29 is 9.53 Å². The van der Waals surface area contributed by atoms with Gasteiger partial charge in [0, 0.05) is 35.9 Å². The van der Waals surface area contributed by atoms with Crippen molar-refractivity contribution in [3.8, 4) is 11.4 Å². The number of carbonyl (C=O) groups is 1. The number of pyridine rings is 3. The van der Waals surface area contributed by atoms with E-state index in [2.05, 4.69) is 35.6 Å². The number of anilines is 2. The normalized spacial score (nSPS) is 10.8. The summed E-state index contributed by atoms with van der Waals surface area (Å²) in [6, 6.07) is 18.7. The number of nitrogens with one attached hydrogen (secondary N) is 3. The maximum atomic E-state index is 12.3. The molecule has 0 unspecified atom stereocenters. The van der Waals surface area contributed by atoms with Crippen LogP contribution < -0.4 is 10.6 Å². The Morgan fingerprint density at radius 3 is 2.68 bits per heavy atom. The molecule has 0 aliphatic rings. The number of hydrogen-bond donors (Lipinski definition) is 3. The first-order chi connectivity index (χ1) is 16.7. The topological polar surface area (TPSA) is 118 Å². The van der Waals surface area contributed by atoms with Crippen molar-refractivity contribution in [2.45, 2.75) is 6.61 Å². The number of rotatable bonds is 8. The highest BCUT2D eigenvalue weighted by atomic mass is 16.5. The van der Waals surface area contributed by atoms with Crippen LogP contribution in [0.3, 0.4) is 0 Å². The first-order valence-electron chi connectivity index (χ1n) is 10.6. The number of fused-ring (bicyclic) bond motifs is 1. The average Bonchev–Trinajstić information content (AvgIpc) is 3.32. The van der Waals surface area contributed by atoms with Crippen LogP contribution in [-0.4, -0.2) is 37.6 Å². The Labute approximate surface area is 195 Å². The summed E-state index contributed by atoms with van der Waals surface area (Å²) in [5, 5.41) is 6.00. The first-order valence-corrected chi connectivity index (χ1v) is 10.6. The summed E-state index contributed by atoms with van der Waals surface area (Å²) in [6.07, 6.45) is 6.52. The van der Waals surface area contributed by atoms with Gasteiger partial charge in [-0.3, -0.25) is 14.8 Å². The summed E-state index contributed by atoms with van der Waals surface area (Å²) in [4.78, 5) is 32.7. The molecule has 168 valence electrons. The van der Waals surface area contributed by atoms with Gasteiger partial charge in [-0.25, -0.2) is 9.97 Å². The zero-order valence-electron chi connectivity index (χ0n) is 18.1. The van der Waals surface area contributed by atoms with E-state index in [0.717, 1.165) is 22.5 Å². The molecule has 0 aliphatic carbocycles. The largest absolute Gasteiger partial charge is 0.363 e. The van der Waals surface area contributed by atoms with Gasteiger partial charge in [0.05, 0.1) is 35.1 Å². The quantitative estimate of drug-likeness (QED) is 0.238. The second-order valence-corrected chi connectivity index (χ2v) is 7.44. The van der Waals surface area contributed by atoms with Crippen molar-refractivity contribution >= 4 is 28.4 Å². The summed E-state index contributed by atoms with van der Waals surface area (Å²) in [5.41, 5.74) is 4.69. The van der Waals surface area contributed by atoms with Crippen LogP contribution >= 0.6 is 0 Å². The summed E-state index contributed by atoms with van der Waals surface area (Å²) >= 11 is 0. The lowest BCUT2D eigenvalue weighted by Gasteiger charge is -2.08. The lowest BCUT2D eigenvalue weighted by molar-refractivity contribution is 0.102. The van der Waals surface area contributed by atoms with Crippen LogP contribution in [0.25, 0.3) is 22.4 Å². The minimum absolute atomic E-state index is 0.275. The average molecular weight is 451 g/mol. The summed E-state index contributed by atoms with van der Waals surface area (Å²) in [7, 11) is 0. The summed E-state index contributed by atoms with van der Waals surface area (Å²) in [6.45, 7) is 0.823. The lowest BCUT2D eigenvalue weighted by Crippen LogP contribution is -2.12. The van der Waals surface area contributed by atoms with Crippen LogP contribution in [0.4, 0.5) is 11.5 Å². The molecule has 0 saturated heterocycles. The molecule has 0 saturated carbocycles. The Morgan fingerprint density at radius 2 is 1.88 bits per heavy atom. The van der Waals surface area contributed by atoms with Gasteiger partial charge < -0.3 is 20.4 Å². The molecule has 4 heterocycles. The minimum atomic E-state index is -0.275. The highest BCUT2D eigenvalue weighted by Crippen LogP contribution is 2.23. The van der Waals surface area contributed by atoms with E-state index < -0.39 is 0 Å². The molecule has 1 amide bonds. The van der Waals surface area contributed by atoms with E-state index in [-0.39, 0.29) is 5.91 Å². The molecule has 4 aromatic heterocycles. The number of imidazole rings is 1. The number of aromatic nitrogens is 5. The first kappa shape index (κ1) is 21.2. The summed E-state index contributed by atoms with van der Waals surface area (Å²) < 4.78 is 5.61. The predicted octanol–water partition coefficient (Wildman–Crippen LogP) is 4.25. The molecular formula is C25H21N7O2. The monoisotopic (exact) mass is 451 g/mol. The smallest absolute Gasteiger partial charge is 0.258 e. The zero-order chi connectivity index (χ0) is 23.2. The third-order valence-electron chi connectivity index (χ3n) is 5.05. The minimum Gasteiger partial charge on any atom is -0.363 e. The predicted molar refractivity (Wildman–Crippen MR) is 129 cm³/mol. The van der Waals surface area contributed by atoms with Gasteiger partial charge in [0.1, 0.15) is 18.4 Å². The second-order valence-electron chi connectivity index (χ2n) is 7.44. The summed E-state index contributed by atoms with van der Waals surface area (Å²) in [5.74, 6) is 0.859. The third kappa shape index (κ3) is 5.05. The van der Waals surface area contributed by atoms with E-state index in [1.807, 2.05) is 42.5 Å². The molecule has 3 N–H and O–H groups in total. The molecule has 0 bridgehead atoms. The maximum Gasteiger partial charge on any atom is 0.258 e. The molecule has 9 nitrogen and oxygen atoms in total. The third-order valence-corrected chi connectivity index (χ3v) is 5.05. The van der Waals surface area contributed by atoms with E-state index in [1.54, 1.807) is 36.8 Å². The molecule has 0 aliphatic heterocycles. The number of amides is 1. The van der Waals surface area contributed by atoms with Crippen LogP contribution in [0.15, 0.2) is 85.5 Å². The molecule has 0 atom stereocenters. The lowest BCUT2D eigenvalue weighted by atomic mass is 10.2. The highest BCUT2D eigenvalue weighted by Gasteiger charge is 2.10. The Hall–Kier alpha value is -4.63. The molecule has 0 radical (unpaired) electrons. The van der Waals surface area contributed by atoms with E-state index in [9.17, 15) is 4.79 Å². The molecule has 0 spiro atoms. The number of benzene rings is 1. The van der Waals surface area contributed by atoms with Gasteiger partial charge in [-0.15, -0.1) is 0 Å². The Morgan fingerprint density at radius 1 is 0.971 bits per heavy atom. The van der Waals surface area contributed by atoms with Gasteiger partial charge in [-0.2, -0.15) is 0 Å².